The molecule has 0 aliphatic heterocycles. The monoisotopic (exact) mass is 230 g/mol. The van der Waals surface area contributed by atoms with E-state index in [-0.39, 0.29) is 5.92 Å². The zero-order valence-electron chi connectivity index (χ0n) is 8.67. The molecule has 0 spiro atoms. The van der Waals surface area contributed by atoms with Gasteiger partial charge in [-0.15, -0.1) is 0 Å². The fourth-order valence-electron chi connectivity index (χ4n) is 1.14. The topological polar surface area (TPSA) is 42.3 Å². The quantitative estimate of drug-likeness (QED) is 0.578. The molecule has 0 saturated heterocycles. The molecule has 0 aliphatic rings. The summed E-state index contributed by atoms with van der Waals surface area (Å²) >= 11 is 0. The van der Waals surface area contributed by atoms with Crippen molar-refractivity contribution in [2.24, 2.45) is 4.99 Å². The first-order valence-electron chi connectivity index (χ1n) is 4.51. The summed E-state index contributed by atoms with van der Waals surface area (Å²) in [6.07, 6.45) is -2.39. The number of nitrogens with zero attached hydrogens (tertiary/aromatic N) is 2. The van der Waals surface area contributed by atoms with Crippen LogP contribution in [0.4, 0.5) is 18.9 Å². The van der Waals surface area contributed by atoms with Crippen molar-refractivity contribution in [1.29, 1.82) is 0 Å². The Morgan fingerprint density at radius 2 is 2.06 bits per heavy atom. The first-order valence-corrected chi connectivity index (χ1v) is 4.51. The fraction of sp³-hybridized carbons (Fsp3) is 0.400. The molecule has 1 heterocycles. The van der Waals surface area contributed by atoms with Gasteiger partial charge in [0.2, 0.25) is 6.08 Å². The molecule has 6 heteroatoms. The van der Waals surface area contributed by atoms with Crippen molar-refractivity contribution in [3.8, 4) is 0 Å². The second kappa shape index (κ2) is 4.45. The Bertz CT molecular complexity index is 434. The van der Waals surface area contributed by atoms with Gasteiger partial charge in [-0.25, -0.2) is 9.78 Å². The van der Waals surface area contributed by atoms with E-state index in [4.69, 9.17) is 0 Å². The van der Waals surface area contributed by atoms with Gasteiger partial charge >= 0.3 is 6.18 Å². The van der Waals surface area contributed by atoms with E-state index in [2.05, 4.69) is 9.98 Å². The van der Waals surface area contributed by atoms with E-state index in [1.165, 1.54) is 6.07 Å². The molecule has 0 N–H and O–H groups in total. The summed E-state index contributed by atoms with van der Waals surface area (Å²) in [6, 6.07) is 1.20. The van der Waals surface area contributed by atoms with Gasteiger partial charge < -0.3 is 0 Å². The number of aromatic nitrogens is 1. The minimum Gasteiger partial charge on any atom is -0.249 e. The average molecular weight is 230 g/mol. The van der Waals surface area contributed by atoms with Gasteiger partial charge in [-0.1, -0.05) is 13.8 Å². The number of hydrogen-bond donors (Lipinski definition) is 0. The van der Waals surface area contributed by atoms with Gasteiger partial charge in [0, 0.05) is 6.20 Å². The van der Waals surface area contributed by atoms with Crippen LogP contribution in [0.3, 0.4) is 0 Å². The van der Waals surface area contributed by atoms with E-state index in [0.29, 0.717) is 5.56 Å². The van der Waals surface area contributed by atoms with E-state index in [1.54, 1.807) is 13.8 Å². The molecule has 1 aromatic heterocycles. The Labute approximate surface area is 90.0 Å². The van der Waals surface area contributed by atoms with Gasteiger partial charge in [-0.2, -0.15) is 18.2 Å². The van der Waals surface area contributed by atoms with Crippen LogP contribution in [0.5, 0.6) is 0 Å². The van der Waals surface area contributed by atoms with Crippen molar-refractivity contribution >= 4 is 11.8 Å². The number of rotatable bonds is 2. The molecule has 16 heavy (non-hydrogen) atoms. The maximum Gasteiger partial charge on any atom is 0.435 e. The van der Waals surface area contributed by atoms with Crippen LogP contribution >= 0.6 is 0 Å². The summed E-state index contributed by atoms with van der Waals surface area (Å²) < 4.78 is 37.4. The minimum absolute atomic E-state index is 0.00962. The summed E-state index contributed by atoms with van der Waals surface area (Å²) in [4.78, 5) is 16.4. The fourth-order valence-corrected chi connectivity index (χ4v) is 1.14. The Hall–Kier alpha value is -1.68. The lowest BCUT2D eigenvalue weighted by molar-refractivity contribution is -0.140. The van der Waals surface area contributed by atoms with E-state index in [1.807, 2.05) is 0 Å². The van der Waals surface area contributed by atoms with Crippen molar-refractivity contribution < 1.29 is 18.0 Å². The van der Waals surface area contributed by atoms with Crippen molar-refractivity contribution in [3.63, 3.8) is 0 Å². The molecule has 0 bridgehead atoms. The molecule has 86 valence electrons. The number of pyridine rings is 1. The van der Waals surface area contributed by atoms with Crippen molar-refractivity contribution in [3.05, 3.63) is 23.5 Å². The lowest BCUT2D eigenvalue weighted by Gasteiger charge is -2.10. The highest BCUT2D eigenvalue weighted by Crippen LogP contribution is 2.35. The highest BCUT2D eigenvalue weighted by atomic mass is 19.4. The van der Waals surface area contributed by atoms with Crippen molar-refractivity contribution in [2.45, 2.75) is 25.9 Å². The smallest absolute Gasteiger partial charge is 0.249 e. The molecule has 0 aliphatic carbocycles. The second-order valence-electron chi connectivity index (χ2n) is 3.49. The maximum atomic E-state index is 12.5. The Balaban J connectivity index is 3.36. The molecular weight excluding hydrogens is 221 g/mol. The van der Waals surface area contributed by atoms with Gasteiger partial charge in [-0.3, -0.25) is 0 Å². The number of aliphatic imine (C=N–C) groups is 1. The number of isocyanates is 1. The van der Waals surface area contributed by atoms with Crippen molar-refractivity contribution in [1.82, 2.24) is 4.98 Å². The summed E-state index contributed by atoms with van der Waals surface area (Å²) in [6.45, 7) is 3.61. The van der Waals surface area contributed by atoms with Gasteiger partial charge in [0.15, 0.2) is 5.69 Å². The highest BCUT2D eigenvalue weighted by Gasteiger charge is 2.35. The molecule has 0 fully saturated rings. The average Bonchev–Trinajstić information content (AvgIpc) is 2.16. The van der Waals surface area contributed by atoms with Crippen LogP contribution in [-0.2, 0) is 11.0 Å². The van der Waals surface area contributed by atoms with Gasteiger partial charge in [-0.05, 0) is 17.5 Å². The molecule has 1 aromatic rings. The van der Waals surface area contributed by atoms with Crippen LogP contribution in [-0.4, -0.2) is 11.1 Å². The Morgan fingerprint density at radius 1 is 1.44 bits per heavy atom. The maximum absolute atomic E-state index is 12.5. The van der Waals surface area contributed by atoms with E-state index >= 15 is 0 Å². The molecule has 0 amide bonds. The van der Waals surface area contributed by atoms with Crippen LogP contribution in [0.2, 0.25) is 0 Å². The van der Waals surface area contributed by atoms with Crippen LogP contribution in [0.15, 0.2) is 17.3 Å². The van der Waals surface area contributed by atoms with Crippen molar-refractivity contribution in [2.75, 3.05) is 0 Å². The molecule has 0 saturated carbocycles. The largest absolute Gasteiger partial charge is 0.435 e. The van der Waals surface area contributed by atoms with Gasteiger partial charge in [0.1, 0.15) is 5.69 Å². The van der Waals surface area contributed by atoms with E-state index in [0.717, 1.165) is 12.3 Å². The summed E-state index contributed by atoms with van der Waals surface area (Å²) in [7, 11) is 0. The second-order valence-corrected chi connectivity index (χ2v) is 3.49. The standard InChI is InChI=1S/C10H9F3N2O/c1-6(2)7-3-8(15-5-16)9(14-4-7)10(11,12)13/h3-4,6H,1-2H3. The summed E-state index contributed by atoms with van der Waals surface area (Å²) in [5.74, 6) is 0.00962. The van der Waals surface area contributed by atoms with Crippen LogP contribution in [0, 0.1) is 0 Å². The third-order valence-electron chi connectivity index (χ3n) is 1.99. The summed E-state index contributed by atoms with van der Waals surface area (Å²) in [5.41, 5.74) is -1.07. The molecule has 0 aromatic carbocycles. The lowest BCUT2D eigenvalue weighted by Crippen LogP contribution is -2.09. The summed E-state index contributed by atoms with van der Waals surface area (Å²) in [5, 5.41) is 0. The van der Waals surface area contributed by atoms with Crippen LogP contribution in [0.1, 0.15) is 31.0 Å². The van der Waals surface area contributed by atoms with E-state index in [9.17, 15) is 18.0 Å². The Morgan fingerprint density at radius 3 is 2.50 bits per heavy atom. The highest BCUT2D eigenvalue weighted by molar-refractivity contribution is 5.53. The molecule has 0 radical (unpaired) electrons. The number of alkyl halides is 3. The van der Waals surface area contributed by atoms with Crippen LogP contribution < -0.4 is 0 Å². The third kappa shape index (κ3) is 2.67. The normalized spacial score (nSPS) is 11.4. The third-order valence-corrected chi connectivity index (χ3v) is 1.99. The predicted molar refractivity (Wildman–Crippen MR) is 51.1 cm³/mol. The van der Waals surface area contributed by atoms with E-state index < -0.39 is 17.6 Å². The van der Waals surface area contributed by atoms with Gasteiger partial charge in [0.25, 0.3) is 0 Å². The first-order chi connectivity index (χ1) is 7.36. The Kier molecular flexibility index (Phi) is 3.44. The van der Waals surface area contributed by atoms with Gasteiger partial charge in [0.05, 0.1) is 0 Å². The molecule has 3 nitrogen and oxygen atoms in total. The molecule has 1 rings (SSSR count). The predicted octanol–water partition coefficient (Wildman–Crippen LogP) is 3.19. The molecule has 0 atom stereocenters. The zero-order valence-corrected chi connectivity index (χ0v) is 8.67. The number of halogens is 3. The first kappa shape index (κ1) is 12.4. The van der Waals surface area contributed by atoms with Crippen LogP contribution in [0.25, 0.3) is 0 Å². The zero-order chi connectivity index (χ0) is 12.3. The SMILES string of the molecule is CC(C)c1cnc(C(F)(F)F)c(N=C=O)c1. The minimum atomic E-state index is -4.62. The molecule has 0 unspecified atom stereocenters. The number of carbonyl (C=O) groups excluding carboxylic acids is 1. The number of hydrogen-bond acceptors (Lipinski definition) is 3. The lowest BCUT2D eigenvalue weighted by atomic mass is 10.0. The molecular formula is C10H9F3N2O.